The molecule has 2 fully saturated rings. The van der Waals surface area contributed by atoms with E-state index in [9.17, 15) is 0 Å². The standard InChI is InChI=1S/C19H29NO3/c1-14(2)22-19-7-5-4-6-18(19)20-12-17(13-20)23-16-10-8-15(21-3)9-11-16/h8-11,14,17-19H,4-7,12-13H2,1-3H3. The zero-order chi connectivity index (χ0) is 16.2. The fourth-order valence-electron chi connectivity index (χ4n) is 3.67. The van der Waals surface area contributed by atoms with Gasteiger partial charge in [0.05, 0.1) is 19.3 Å². The van der Waals surface area contributed by atoms with Crippen LogP contribution in [0.4, 0.5) is 0 Å². The van der Waals surface area contributed by atoms with E-state index in [-0.39, 0.29) is 0 Å². The molecule has 1 aliphatic carbocycles. The first kappa shape index (κ1) is 16.6. The Morgan fingerprint density at radius 2 is 1.65 bits per heavy atom. The summed E-state index contributed by atoms with van der Waals surface area (Å²) in [4.78, 5) is 2.54. The average molecular weight is 319 g/mol. The van der Waals surface area contributed by atoms with Crippen molar-refractivity contribution < 1.29 is 14.2 Å². The van der Waals surface area contributed by atoms with Gasteiger partial charge in [0.15, 0.2) is 0 Å². The minimum atomic E-state index is 0.296. The molecule has 23 heavy (non-hydrogen) atoms. The molecule has 4 heteroatoms. The van der Waals surface area contributed by atoms with Crippen LogP contribution in [0.2, 0.25) is 0 Å². The van der Waals surface area contributed by atoms with Gasteiger partial charge in [-0.25, -0.2) is 0 Å². The fourth-order valence-corrected chi connectivity index (χ4v) is 3.67. The van der Waals surface area contributed by atoms with Crippen molar-refractivity contribution >= 4 is 0 Å². The van der Waals surface area contributed by atoms with Gasteiger partial charge in [0.1, 0.15) is 17.6 Å². The van der Waals surface area contributed by atoms with Gasteiger partial charge in [0, 0.05) is 19.1 Å². The second kappa shape index (κ2) is 7.54. The first-order valence-electron chi connectivity index (χ1n) is 8.86. The van der Waals surface area contributed by atoms with Crippen LogP contribution in [0.1, 0.15) is 39.5 Å². The Balaban J connectivity index is 1.49. The predicted octanol–water partition coefficient (Wildman–Crippen LogP) is 3.49. The van der Waals surface area contributed by atoms with Crippen LogP contribution < -0.4 is 9.47 Å². The maximum Gasteiger partial charge on any atom is 0.124 e. The third kappa shape index (κ3) is 4.18. The molecule has 0 bridgehead atoms. The highest BCUT2D eigenvalue weighted by atomic mass is 16.5. The summed E-state index contributed by atoms with van der Waals surface area (Å²) in [6.45, 7) is 6.29. The van der Waals surface area contributed by atoms with Crippen molar-refractivity contribution in [1.29, 1.82) is 0 Å². The molecule has 0 N–H and O–H groups in total. The molecule has 1 saturated heterocycles. The van der Waals surface area contributed by atoms with Crippen LogP contribution >= 0.6 is 0 Å². The first-order chi connectivity index (χ1) is 11.2. The van der Waals surface area contributed by atoms with Crippen molar-refractivity contribution in [1.82, 2.24) is 4.90 Å². The Kier molecular flexibility index (Phi) is 5.44. The third-order valence-electron chi connectivity index (χ3n) is 4.82. The molecule has 2 unspecified atom stereocenters. The molecular formula is C19H29NO3. The van der Waals surface area contributed by atoms with Crippen molar-refractivity contribution in [2.75, 3.05) is 20.2 Å². The van der Waals surface area contributed by atoms with Gasteiger partial charge in [0.2, 0.25) is 0 Å². The van der Waals surface area contributed by atoms with E-state index in [1.54, 1.807) is 7.11 Å². The monoisotopic (exact) mass is 319 g/mol. The third-order valence-corrected chi connectivity index (χ3v) is 4.82. The molecule has 2 atom stereocenters. The number of benzene rings is 1. The van der Waals surface area contributed by atoms with E-state index in [4.69, 9.17) is 14.2 Å². The second-order valence-corrected chi connectivity index (χ2v) is 6.94. The van der Waals surface area contributed by atoms with Gasteiger partial charge in [-0.15, -0.1) is 0 Å². The van der Waals surface area contributed by atoms with Gasteiger partial charge in [-0.2, -0.15) is 0 Å². The van der Waals surface area contributed by atoms with Gasteiger partial charge in [0.25, 0.3) is 0 Å². The van der Waals surface area contributed by atoms with Gasteiger partial charge < -0.3 is 14.2 Å². The predicted molar refractivity (Wildman–Crippen MR) is 91.2 cm³/mol. The van der Waals surface area contributed by atoms with E-state index >= 15 is 0 Å². The highest BCUT2D eigenvalue weighted by Gasteiger charge is 2.39. The quantitative estimate of drug-likeness (QED) is 0.803. The van der Waals surface area contributed by atoms with Crippen molar-refractivity contribution in [3.63, 3.8) is 0 Å². The molecule has 2 aliphatic rings. The summed E-state index contributed by atoms with van der Waals surface area (Å²) in [7, 11) is 1.68. The maximum atomic E-state index is 6.14. The number of nitrogens with zero attached hydrogens (tertiary/aromatic N) is 1. The molecule has 0 amide bonds. The van der Waals surface area contributed by atoms with Crippen LogP contribution in [0.15, 0.2) is 24.3 Å². The molecule has 4 nitrogen and oxygen atoms in total. The minimum absolute atomic E-state index is 0.296. The van der Waals surface area contributed by atoms with Gasteiger partial charge in [-0.3, -0.25) is 4.90 Å². The molecule has 1 heterocycles. The van der Waals surface area contributed by atoms with Crippen molar-refractivity contribution in [2.24, 2.45) is 0 Å². The lowest BCUT2D eigenvalue weighted by Crippen LogP contribution is -2.61. The topological polar surface area (TPSA) is 30.9 Å². The summed E-state index contributed by atoms with van der Waals surface area (Å²) in [5.74, 6) is 1.79. The van der Waals surface area contributed by atoms with Gasteiger partial charge in [-0.05, 0) is 51.0 Å². The summed E-state index contributed by atoms with van der Waals surface area (Å²) in [6.07, 6.45) is 6.08. The van der Waals surface area contributed by atoms with Crippen LogP contribution in [0.25, 0.3) is 0 Å². The van der Waals surface area contributed by atoms with E-state index in [1.807, 2.05) is 24.3 Å². The van der Waals surface area contributed by atoms with E-state index in [1.165, 1.54) is 25.7 Å². The number of rotatable bonds is 6. The zero-order valence-electron chi connectivity index (χ0n) is 14.5. The Bertz CT molecular complexity index is 482. The Hall–Kier alpha value is -1.26. The van der Waals surface area contributed by atoms with Crippen LogP contribution in [0.3, 0.4) is 0 Å². The molecule has 3 rings (SSSR count). The number of hydrogen-bond donors (Lipinski definition) is 0. The summed E-state index contributed by atoms with van der Waals surface area (Å²) >= 11 is 0. The molecule has 1 aromatic rings. The Morgan fingerprint density at radius 3 is 2.30 bits per heavy atom. The van der Waals surface area contributed by atoms with E-state index in [0.717, 1.165) is 24.6 Å². The largest absolute Gasteiger partial charge is 0.497 e. The van der Waals surface area contributed by atoms with Crippen LogP contribution in [0, 0.1) is 0 Å². The van der Waals surface area contributed by atoms with Crippen molar-refractivity contribution in [3.05, 3.63) is 24.3 Å². The second-order valence-electron chi connectivity index (χ2n) is 6.94. The average Bonchev–Trinajstić information content (AvgIpc) is 2.51. The van der Waals surface area contributed by atoms with Gasteiger partial charge >= 0.3 is 0 Å². The number of likely N-dealkylation sites (tertiary alicyclic amines) is 1. The van der Waals surface area contributed by atoms with Crippen molar-refractivity contribution in [2.45, 2.75) is 63.9 Å². The lowest BCUT2D eigenvalue weighted by molar-refractivity contribution is -0.102. The molecular weight excluding hydrogens is 290 g/mol. The number of methoxy groups -OCH3 is 1. The summed E-state index contributed by atoms with van der Waals surface area (Å²) < 4.78 is 17.4. The van der Waals surface area contributed by atoms with Crippen molar-refractivity contribution in [3.8, 4) is 11.5 Å². The summed E-state index contributed by atoms with van der Waals surface area (Å²) in [6, 6.07) is 8.42. The first-order valence-corrected chi connectivity index (χ1v) is 8.86. The minimum Gasteiger partial charge on any atom is -0.497 e. The van der Waals surface area contributed by atoms with Crippen LogP contribution in [-0.2, 0) is 4.74 Å². The lowest BCUT2D eigenvalue weighted by atomic mass is 9.89. The molecule has 0 aromatic heterocycles. The number of ether oxygens (including phenoxy) is 3. The summed E-state index contributed by atoms with van der Waals surface area (Å²) in [5, 5.41) is 0. The molecule has 1 aliphatic heterocycles. The molecule has 0 radical (unpaired) electrons. The molecule has 128 valence electrons. The smallest absolute Gasteiger partial charge is 0.124 e. The van der Waals surface area contributed by atoms with Crippen LogP contribution in [-0.4, -0.2) is 49.5 Å². The highest BCUT2D eigenvalue weighted by Crippen LogP contribution is 2.31. The molecule has 1 saturated carbocycles. The lowest BCUT2D eigenvalue weighted by Gasteiger charge is -2.48. The SMILES string of the molecule is COc1ccc(OC2CN(C3CCCCC3OC(C)C)C2)cc1. The molecule has 1 aromatic carbocycles. The summed E-state index contributed by atoms with van der Waals surface area (Å²) in [5.41, 5.74) is 0. The fraction of sp³-hybridized carbons (Fsp3) is 0.684. The van der Waals surface area contributed by atoms with E-state index in [2.05, 4.69) is 18.7 Å². The van der Waals surface area contributed by atoms with E-state index < -0.39 is 0 Å². The zero-order valence-corrected chi connectivity index (χ0v) is 14.5. The molecule has 0 spiro atoms. The van der Waals surface area contributed by atoms with E-state index in [0.29, 0.717) is 24.4 Å². The Labute approximate surface area is 139 Å². The van der Waals surface area contributed by atoms with Crippen LogP contribution in [0.5, 0.6) is 11.5 Å². The maximum absolute atomic E-state index is 6.14. The van der Waals surface area contributed by atoms with Gasteiger partial charge in [-0.1, -0.05) is 12.8 Å². The Morgan fingerprint density at radius 1 is 1.00 bits per heavy atom. The number of hydrogen-bond acceptors (Lipinski definition) is 4. The normalized spacial score (nSPS) is 26.1. The highest BCUT2D eigenvalue weighted by molar-refractivity contribution is 5.31.